The molecule has 1 aromatic carbocycles. The number of anilines is 1. The molecule has 1 aliphatic heterocycles. The molecule has 0 unspecified atom stereocenters. The molecule has 1 fully saturated rings. The van der Waals surface area contributed by atoms with E-state index in [0.29, 0.717) is 18.2 Å². The number of nitrogens with one attached hydrogen (secondary N) is 1. The molecule has 30 heavy (non-hydrogen) atoms. The fourth-order valence-corrected chi connectivity index (χ4v) is 4.04. The summed E-state index contributed by atoms with van der Waals surface area (Å²) in [5.41, 5.74) is 2.10. The fourth-order valence-electron chi connectivity index (χ4n) is 3.15. The molecular formula is C20H21FN4O4S. The van der Waals surface area contributed by atoms with Crippen LogP contribution in [0.1, 0.15) is 23.3 Å². The van der Waals surface area contributed by atoms with Crippen molar-refractivity contribution in [3.05, 3.63) is 53.5 Å². The van der Waals surface area contributed by atoms with Crippen LogP contribution >= 0.6 is 11.3 Å². The Bertz CT molecular complexity index is 938. The number of halogens is 1. The number of hydrogen-bond donors (Lipinski definition) is 2. The molecule has 1 saturated heterocycles. The summed E-state index contributed by atoms with van der Waals surface area (Å²) in [4.78, 5) is 27.2. The second kappa shape index (κ2) is 10.5. The van der Waals surface area contributed by atoms with E-state index in [1.165, 1.54) is 18.4 Å². The minimum absolute atomic E-state index is 0.199. The van der Waals surface area contributed by atoms with Crippen LogP contribution < -0.4 is 10.2 Å². The van der Waals surface area contributed by atoms with E-state index in [-0.39, 0.29) is 18.2 Å². The van der Waals surface area contributed by atoms with Gasteiger partial charge >= 0.3 is 0 Å². The Labute approximate surface area is 176 Å². The lowest BCUT2D eigenvalue weighted by atomic mass is 9.97. The summed E-state index contributed by atoms with van der Waals surface area (Å²) in [5, 5.41) is 16.4. The van der Waals surface area contributed by atoms with Crippen LogP contribution in [0.25, 0.3) is 11.3 Å². The molecule has 0 saturated carbocycles. The van der Waals surface area contributed by atoms with Crippen molar-refractivity contribution in [1.29, 1.82) is 0 Å². The van der Waals surface area contributed by atoms with E-state index in [4.69, 9.17) is 14.9 Å². The maximum atomic E-state index is 13.1. The van der Waals surface area contributed by atoms with Crippen LogP contribution in [-0.2, 0) is 4.79 Å². The number of carbonyl (C=O) groups excluding carboxylic acids is 1. The first kappa shape index (κ1) is 21.4. The quantitative estimate of drug-likeness (QED) is 0.596. The Morgan fingerprint density at radius 3 is 2.63 bits per heavy atom. The van der Waals surface area contributed by atoms with Gasteiger partial charge in [0.2, 0.25) is 0 Å². The molecule has 0 spiro atoms. The number of rotatable bonds is 5. The molecule has 1 amide bonds. The van der Waals surface area contributed by atoms with Crippen molar-refractivity contribution in [1.82, 2.24) is 15.5 Å². The van der Waals surface area contributed by atoms with Crippen molar-refractivity contribution in [3.63, 3.8) is 0 Å². The van der Waals surface area contributed by atoms with E-state index in [1.54, 1.807) is 29.5 Å². The lowest BCUT2D eigenvalue weighted by Gasteiger charge is -2.31. The van der Waals surface area contributed by atoms with Gasteiger partial charge in [-0.1, -0.05) is 5.16 Å². The number of hydrogen-bond acceptors (Lipinski definition) is 7. The summed E-state index contributed by atoms with van der Waals surface area (Å²) < 4.78 is 17.8. The molecular weight excluding hydrogens is 411 g/mol. The molecule has 2 aromatic heterocycles. The number of aromatic nitrogens is 2. The van der Waals surface area contributed by atoms with Gasteiger partial charge in [0.25, 0.3) is 12.4 Å². The predicted molar refractivity (Wildman–Crippen MR) is 110 cm³/mol. The molecule has 2 N–H and O–H groups in total. The fraction of sp³-hybridized carbons (Fsp3) is 0.300. The smallest absolute Gasteiger partial charge is 0.290 e. The van der Waals surface area contributed by atoms with Crippen LogP contribution in [0.5, 0.6) is 0 Å². The highest BCUT2D eigenvalue weighted by molar-refractivity contribution is 7.14. The first-order valence-corrected chi connectivity index (χ1v) is 10.2. The SMILES string of the molecule is O=C(NCC1CCN(c2nc(-c3ccc(F)cc3)cs2)CC1)c1ccon1.O=CO. The Hall–Kier alpha value is -3.27. The van der Waals surface area contributed by atoms with Gasteiger partial charge in [0, 0.05) is 36.6 Å². The zero-order valence-electron chi connectivity index (χ0n) is 16.0. The summed E-state index contributed by atoms with van der Waals surface area (Å²) in [6.07, 6.45) is 3.37. The van der Waals surface area contributed by atoms with Gasteiger partial charge in [-0.05, 0) is 43.0 Å². The molecule has 4 rings (SSSR count). The maximum Gasteiger partial charge on any atom is 0.290 e. The molecule has 1 aliphatic rings. The summed E-state index contributed by atoms with van der Waals surface area (Å²) in [7, 11) is 0. The largest absolute Gasteiger partial charge is 0.483 e. The third kappa shape index (κ3) is 5.63. The molecule has 158 valence electrons. The number of thiazole rings is 1. The molecule has 0 radical (unpaired) electrons. The molecule has 0 atom stereocenters. The number of piperidine rings is 1. The van der Waals surface area contributed by atoms with Crippen LogP contribution in [0.2, 0.25) is 0 Å². The summed E-state index contributed by atoms with van der Waals surface area (Å²) in [6, 6.07) is 7.95. The van der Waals surface area contributed by atoms with Crippen molar-refractivity contribution in [3.8, 4) is 11.3 Å². The van der Waals surface area contributed by atoms with Crippen LogP contribution in [0.3, 0.4) is 0 Å². The zero-order valence-corrected chi connectivity index (χ0v) is 16.8. The second-order valence-corrected chi connectivity index (χ2v) is 7.49. The summed E-state index contributed by atoms with van der Waals surface area (Å²) in [6.45, 7) is 2.19. The zero-order chi connectivity index (χ0) is 21.3. The minimum Gasteiger partial charge on any atom is -0.483 e. The molecule has 0 aliphatic carbocycles. The maximum absolute atomic E-state index is 13.1. The second-order valence-electron chi connectivity index (χ2n) is 6.65. The van der Waals surface area contributed by atoms with E-state index < -0.39 is 0 Å². The number of carboxylic acid groups (broad SMARTS) is 1. The van der Waals surface area contributed by atoms with Gasteiger partial charge in [-0.15, -0.1) is 11.3 Å². The highest BCUT2D eigenvalue weighted by atomic mass is 32.1. The van der Waals surface area contributed by atoms with Crippen molar-refractivity contribution < 1.29 is 23.6 Å². The van der Waals surface area contributed by atoms with Crippen molar-refractivity contribution >= 4 is 28.8 Å². The lowest BCUT2D eigenvalue weighted by molar-refractivity contribution is -0.122. The number of carbonyl (C=O) groups is 2. The molecule has 8 nitrogen and oxygen atoms in total. The molecule has 3 heterocycles. The Kier molecular flexibility index (Phi) is 7.50. The summed E-state index contributed by atoms with van der Waals surface area (Å²) >= 11 is 1.61. The van der Waals surface area contributed by atoms with Crippen LogP contribution in [0.4, 0.5) is 9.52 Å². The average Bonchev–Trinajstić information content (AvgIpc) is 3.46. The monoisotopic (exact) mass is 432 g/mol. The molecule has 0 bridgehead atoms. The minimum atomic E-state index is -0.250. The van der Waals surface area contributed by atoms with Gasteiger partial charge in [-0.2, -0.15) is 0 Å². The highest BCUT2D eigenvalue weighted by Gasteiger charge is 2.22. The van der Waals surface area contributed by atoms with Gasteiger partial charge in [-0.25, -0.2) is 9.37 Å². The van der Waals surface area contributed by atoms with Crippen LogP contribution in [0, 0.1) is 11.7 Å². The number of nitrogens with zero attached hydrogens (tertiary/aromatic N) is 3. The Morgan fingerprint density at radius 2 is 2.00 bits per heavy atom. The van der Waals surface area contributed by atoms with Gasteiger partial charge in [0.05, 0.1) is 5.69 Å². The Morgan fingerprint density at radius 1 is 1.30 bits per heavy atom. The van der Waals surface area contributed by atoms with E-state index in [0.717, 1.165) is 42.3 Å². The summed E-state index contributed by atoms with van der Waals surface area (Å²) in [5.74, 6) is -0.00408. The highest BCUT2D eigenvalue weighted by Crippen LogP contribution is 2.30. The third-order valence-electron chi connectivity index (χ3n) is 4.74. The topological polar surface area (TPSA) is 109 Å². The first-order valence-electron chi connectivity index (χ1n) is 9.33. The third-order valence-corrected chi connectivity index (χ3v) is 5.64. The molecule has 10 heteroatoms. The van der Waals surface area contributed by atoms with E-state index in [2.05, 4.69) is 19.9 Å². The standard InChI is InChI=1S/C19H19FN4O2S.CH2O2/c20-15-3-1-14(2-4-15)17-12-27-19(22-17)24-8-5-13(6-9-24)11-21-18(25)16-7-10-26-23-16;2-1-3/h1-4,7,10,12-13H,5-6,8-9,11H2,(H,21,25);1H,(H,2,3). The normalized spacial score (nSPS) is 14.0. The van der Waals surface area contributed by atoms with E-state index in [1.807, 2.05) is 5.38 Å². The van der Waals surface area contributed by atoms with Crippen molar-refractivity contribution in [2.45, 2.75) is 12.8 Å². The molecule has 3 aromatic rings. The van der Waals surface area contributed by atoms with Crippen LogP contribution in [0.15, 0.2) is 46.5 Å². The average molecular weight is 432 g/mol. The Balaban J connectivity index is 0.000000806. The van der Waals surface area contributed by atoms with Crippen molar-refractivity contribution in [2.24, 2.45) is 5.92 Å². The lowest BCUT2D eigenvalue weighted by Crippen LogP contribution is -2.38. The van der Waals surface area contributed by atoms with Gasteiger partial charge in [0.1, 0.15) is 12.1 Å². The number of amides is 1. The van der Waals surface area contributed by atoms with Gasteiger partial charge in [-0.3, -0.25) is 9.59 Å². The predicted octanol–water partition coefficient (Wildman–Crippen LogP) is 3.28. The first-order chi connectivity index (χ1) is 14.6. The van der Waals surface area contributed by atoms with Gasteiger partial charge in [0.15, 0.2) is 10.8 Å². The van der Waals surface area contributed by atoms with E-state index >= 15 is 0 Å². The van der Waals surface area contributed by atoms with E-state index in [9.17, 15) is 9.18 Å². The van der Waals surface area contributed by atoms with Crippen molar-refractivity contribution in [2.75, 3.05) is 24.5 Å². The van der Waals surface area contributed by atoms with Gasteiger partial charge < -0.3 is 19.8 Å². The number of benzene rings is 1. The van der Waals surface area contributed by atoms with Crippen LogP contribution in [-0.4, -0.2) is 47.3 Å².